The van der Waals surface area contributed by atoms with Crippen molar-refractivity contribution in [1.82, 2.24) is 4.98 Å². The molecule has 4 nitrogen and oxygen atoms in total. The molecule has 134 valence electrons. The summed E-state index contributed by atoms with van der Waals surface area (Å²) in [6.45, 7) is 8.42. The zero-order valence-electron chi connectivity index (χ0n) is 15.3. The van der Waals surface area contributed by atoms with Crippen molar-refractivity contribution in [2.75, 3.05) is 0 Å². The minimum absolute atomic E-state index is 0.290. The van der Waals surface area contributed by atoms with Crippen LogP contribution in [0.3, 0.4) is 0 Å². The fourth-order valence-corrected chi connectivity index (χ4v) is 3.68. The van der Waals surface area contributed by atoms with Crippen molar-refractivity contribution in [3.63, 3.8) is 0 Å². The van der Waals surface area contributed by atoms with Crippen molar-refractivity contribution in [2.24, 2.45) is 0 Å². The zero-order valence-corrected chi connectivity index (χ0v) is 16.1. The Hall–Kier alpha value is -2.66. The van der Waals surface area contributed by atoms with Gasteiger partial charge in [0, 0.05) is 5.56 Å². The van der Waals surface area contributed by atoms with Crippen LogP contribution in [0.4, 0.5) is 0 Å². The van der Waals surface area contributed by atoms with Crippen molar-refractivity contribution in [2.45, 2.75) is 34.3 Å². The summed E-state index contributed by atoms with van der Waals surface area (Å²) < 4.78 is 6.04. The van der Waals surface area contributed by atoms with Gasteiger partial charge in [-0.15, -0.1) is 11.3 Å². The molecule has 0 aliphatic heterocycles. The molecule has 0 amide bonds. The van der Waals surface area contributed by atoms with Crippen molar-refractivity contribution in [3.05, 3.63) is 69.2 Å². The number of aromatic carboxylic acids is 1. The predicted molar refractivity (Wildman–Crippen MR) is 104 cm³/mol. The standard InChI is InChI=1S/C21H21NO3S/c1-12-5-6-13(2)18(14(12)3)25-11-16-7-9-17(10-8-16)20-22-15(4)19(26-20)21(23)24/h5-10H,11H2,1-4H3,(H,23,24). The lowest BCUT2D eigenvalue weighted by atomic mass is 10.1. The molecule has 5 heteroatoms. The predicted octanol–water partition coefficient (Wildman–Crippen LogP) is 5.32. The van der Waals surface area contributed by atoms with Crippen LogP contribution in [0.25, 0.3) is 10.6 Å². The van der Waals surface area contributed by atoms with E-state index in [0.29, 0.717) is 12.3 Å². The third kappa shape index (κ3) is 3.63. The first kappa shape index (κ1) is 18.1. The molecule has 0 radical (unpaired) electrons. The maximum Gasteiger partial charge on any atom is 0.347 e. The summed E-state index contributed by atoms with van der Waals surface area (Å²) in [5.41, 5.74) is 6.04. The maximum atomic E-state index is 11.2. The molecule has 1 heterocycles. The number of carboxylic acids is 1. The van der Waals surface area contributed by atoms with Crippen LogP contribution in [-0.4, -0.2) is 16.1 Å². The van der Waals surface area contributed by atoms with E-state index in [-0.39, 0.29) is 4.88 Å². The molecule has 0 aliphatic rings. The monoisotopic (exact) mass is 367 g/mol. The van der Waals surface area contributed by atoms with Gasteiger partial charge in [0.2, 0.25) is 0 Å². The van der Waals surface area contributed by atoms with Crippen molar-refractivity contribution >= 4 is 17.3 Å². The topological polar surface area (TPSA) is 59.4 Å². The first-order valence-electron chi connectivity index (χ1n) is 8.36. The van der Waals surface area contributed by atoms with Crippen LogP contribution in [0.2, 0.25) is 0 Å². The summed E-state index contributed by atoms with van der Waals surface area (Å²) in [7, 11) is 0. The lowest BCUT2D eigenvalue weighted by Gasteiger charge is -2.14. The first-order chi connectivity index (χ1) is 12.4. The van der Waals surface area contributed by atoms with Gasteiger partial charge < -0.3 is 9.84 Å². The third-order valence-corrected chi connectivity index (χ3v) is 5.64. The Kier molecular flexibility index (Phi) is 5.09. The normalized spacial score (nSPS) is 10.8. The molecule has 3 rings (SSSR count). The highest BCUT2D eigenvalue weighted by Gasteiger charge is 2.15. The highest BCUT2D eigenvalue weighted by molar-refractivity contribution is 7.17. The van der Waals surface area contributed by atoms with Gasteiger partial charge in [-0.1, -0.05) is 36.4 Å². The van der Waals surface area contributed by atoms with E-state index in [4.69, 9.17) is 9.84 Å². The van der Waals surface area contributed by atoms with E-state index < -0.39 is 5.97 Å². The molecular formula is C21H21NO3S. The van der Waals surface area contributed by atoms with Gasteiger partial charge >= 0.3 is 5.97 Å². The number of thiazole rings is 1. The van der Waals surface area contributed by atoms with E-state index in [1.54, 1.807) is 6.92 Å². The molecule has 26 heavy (non-hydrogen) atoms. The number of rotatable bonds is 5. The molecule has 0 spiro atoms. The smallest absolute Gasteiger partial charge is 0.347 e. The van der Waals surface area contributed by atoms with Gasteiger partial charge in [0.15, 0.2) is 0 Å². The molecule has 0 unspecified atom stereocenters. The SMILES string of the molecule is Cc1ccc(C)c(OCc2ccc(-c3nc(C)c(C(=O)O)s3)cc2)c1C. The Morgan fingerprint density at radius 1 is 1.04 bits per heavy atom. The first-order valence-corrected chi connectivity index (χ1v) is 9.18. The molecule has 0 saturated carbocycles. The van der Waals surface area contributed by atoms with Gasteiger partial charge in [-0.25, -0.2) is 9.78 Å². The minimum Gasteiger partial charge on any atom is -0.488 e. The quantitative estimate of drug-likeness (QED) is 0.663. The number of aromatic nitrogens is 1. The second kappa shape index (κ2) is 7.30. The summed E-state index contributed by atoms with van der Waals surface area (Å²) in [6, 6.07) is 12.1. The largest absolute Gasteiger partial charge is 0.488 e. The van der Waals surface area contributed by atoms with Crippen molar-refractivity contribution in [1.29, 1.82) is 0 Å². The number of carbonyl (C=O) groups is 1. The van der Waals surface area contributed by atoms with E-state index in [9.17, 15) is 4.79 Å². The second-order valence-corrected chi connectivity index (χ2v) is 7.38. The maximum absolute atomic E-state index is 11.2. The molecule has 0 bridgehead atoms. The van der Waals surface area contributed by atoms with Crippen LogP contribution < -0.4 is 4.74 Å². The van der Waals surface area contributed by atoms with Gasteiger partial charge in [-0.2, -0.15) is 0 Å². The molecule has 0 aliphatic carbocycles. The van der Waals surface area contributed by atoms with Crippen molar-refractivity contribution < 1.29 is 14.6 Å². The average molecular weight is 367 g/mol. The summed E-state index contributed by atoms with van der Waals surface area (Å²) in [5.74, 6) is 0.0101. The Balaban J connectivity index is 1.76. The lowest BCUT2D eigenvalue weighted by Crippen LogP contribution is -2.00. The molecule has 1 N–H and O–H groups in total. The average Bonchev–Trinajstić information content (AvgIpc) is 3.01. The van der Waals surface area contributed by atoms with Gasteiger partial charge in [-0.3, -0.25) is 0 Å². The van der Waals surface area contributed by atoms with E-state index in [1.165, 1.54) is 22.5 Å². The zero-order chi connectivity index (χ0) is 18.8. The molecule has 3 aromatic rings. The van der Waals surface area contributed by atoms with E-state index in [0.717, 1.165) is 27.4 Å². The molecule has 2 aromatic carbocycles. The van der Waals surface area contributed by atoms with Crippen LogP contribution in [0.15, 0.2) is 36.4 Å². The Morgan fingerprint density at radius 3 is 2.31 bits per heavy atom. The molecule has 0 saturated heterocycles. The fraction of sp³-hybridized carbons (Fsp3) is 0.238. The van der Waals surface area contributed by atoms with Crippen LogP contribution in [0.1, 0.15) is 37.6 Å². The fourth-order valence-electron chi connectivity index (χ4n) is 2.76. The number of hydrogen-bond acceptors (Lipinski definition) is 4. The molecule has 1 aromatic heterocycles. The number of nitrogens with zero attached hydrogens (tertiary/aromatic N) is 1. The number of ether oxygens (including phenoxy) is 1. The number of benzene rings is 2. The molecule has 0 fully saturated rings. The highest BCUT2D eigenvalue weighted by atomic mass is 32.1. The summed E-state index contributed by atoms with van der Waals surface area (Å²) >= 11 is 1.20. The van der Waals surface area contributed by atoms with Gasteiger partial charge in [0.1, 0.15) is 22.2 Å². The minimum atomic E-state index is -0.930. The summed E-state index contributed by atoms with van der Waals surface area (Å²) in [4.78, 5) is 15.8. The Labute approximate surface area is 157 Å². The van der Waals surface area contributed by atoms with Gasteiger partial charge in [0.25, 0.3) is 0 Å². The van der Waals surface area contributed by atoms with Crippen LogP contribution >= 0.6 is 11.3 Å². The highest BCUT2D eigenvalue weighted by Crippen LogP contribution is 2.29. The second-order valence-electron chi connectivity index (χ2n) is 6.38. The van der Waals surface area contributed by atoms with Crippen LogP contribution in [0.5, 0.6) is 5.75 Å². The van der Waals surface area contributed by atoms with Gasteiger partial charge in [-0.05, 0) is 49.9 Å². The van der Waals surface area contributed by atoms with E-state index in [1.807, 2.05) is 24.3 Å². The number of hydrogen-bond donors (Lipinski definition) is 1. The summed E-state index contributed by atoms with van der Waals surface area (Å²) in [6.07, 6.45) is 0. The van der Waals surface area contributed by atoms with Crippen LogP contribution in [-0.2, 0) is 6.61 Å². The molecular weight excluding hydrogens is 346 g/mol. The number of aryl methyl sites for hydroxylation is 3. The molecule has 0 atom stereocenters. The Morgan fingerprint density at radius 2 is 1.69 bits per heavy atom. The lowest BCUT2D eigenvalue weighted by molar-refractivity contribution is 0.0701. The number of carboxylic acid groups (broad SMARTS) is 1. The van der Waals surface area contributed by atoms with E-state index in [2.05, 4.69) is 37.9 Å². The van der Waals surface area contributed by atoms with Crippen molar-refractivity contribution in [3.8, 4) is 16.3 Å². The third-order valence-electron chi connectivity index (χ3n) is 4.45. The Bertz CT molecular complexity index is 958. The van der Waals surface area contributed by atoms with Crippen LogP contribution in [0, 0.1) is 27.7 Å². The van der Waals surface area contributed by atoms with Gasteiger partial charge in [0.05, 0.1) is 5.69 Å². The summed E-state index contributed by atoms with van der Waals surface area (Å²) in [5, 5.41) is 9.89. The van der Waals surface area contributed by atoms with E-state index >= 15 is 0 Å².